The summed E-state index contributed by atoms with van der Waals surface area (Å²) in [5, 5.41) is 0.385. The van der Waals surface area contributed by atoms with Crippen molar-refractivity contribution in [1.29, 1.82) is 0 Å². The molecule has 1 atom stereocenters. The molecule has 4 rings (SSSR count). The first-order chi connectivity index (χ1) is 12.4. The maximum atomic E-state index is 12.1. The molecule has 8 heteroatoms. The van der Waals surface area contributed by atoms with E-state index < -0.39 is 11.2 Å². The minimum Gasteiger partial charge on any atom is -0.435 e. The van der Waals surface area contributed by atoms with Crippen molar-refractivity contribution >= 4 is 62.7 Å². The van der Waals surface area contributed by atoms with E-state index in [1.807, 2.05) is 0 Å². The van der Waals surface area contributed by atoms with Gasteiger partial charge in [0.05, 0.1) is 10.9 Å². The molecule has 1 aliphatic heterocycles. The van der Waals surface area contributed by atoms with Crippen molar-refractivity contribution in [1.82, 2.24) is 4.98 Å². The summed E-state index contributed by atoms with van der Waals surface area (Å²) >= 11 is 17.6. The lowest BCUT2D eigenvalue weighted by atomic mass is 10.1. The van der Waals surface area contributed by atoms with Crippen LogP contribution in [-0.4, -0.2) is 22.7 Å². The number of hydrogen-bond donors (Lipinski definition) is 0. The minimum absolute atomic E-state index is 0.125. The Bertz CT molecular complexity index is 1030. The van der Waals surface area contributed by atoms with E-state index in [1.54, 1.807) is 41.3 Å². The maximum Gasteiger partial charge on any atom is 0.227 e. The highest BCUT2D eigenvalue weighted by Crippen LogP contribution is 2.33. The standard InChI is InChI=1S/C18H11Cl3N2O3/c19-11-6-13(20)16-14(7-11)22-18(26-16)9-1-3-12(4-2-9)23-8-10(17(21)25)5-15(23)24/h1-4,6-7,10H,5,8H2. The third kappa shape index (κ3) is 3.07. The molecule has 26 heavy (non-hydrogen) atoms. The van der Waals surface area contributed by atoms with Crippen molar-refractivity contribution in [2.45, 2.75) is 6.42 Å². The Hall–Kier alpha value is -2.08. The molecule has 0 radical (unpaired) electrons. The zero-order valence-electron chi connectivity index (χ0n) is 13.2. The van der Waals surface area contributed by atoms with E-state index >= 15 is 0 Å². The van der Waals surface area contributed by atoms with Gasteiger partial charge < -0.3 is 9.32 Å². The second kappa shape index (κ2) is 6.58. The summed E-state index contributed by atoms with van der Waals surface area (Å²) in [6.07, 6.45) is 0.133. The summed E-state index contributed by atoms with van der Waals surface area (Å²) in [6.45, 7) is 0.289. The molecule has 132 valence electrons. The highest BCUT2D eigenvalue weighted by Gasteiger charge is 2.34. The van der Waals surface area contributed by atoms with Crippen LogP contribution in [0.2, 0.25) is 10.0 Å². The Morgan fingerprint density at radius 2 is 1.92 bits per heavy atom. The third-order valence-electron chi connectivity index (χ3n) is 4.28. The van der Waals surface area contributed by atoms with Gasteiger partial charge in [0.25, 0.3) is 0 Å². The topological polar surface area (TPSA) is 63.4 Å². The van der Waals surface area contributed by atoms with Crippen LogP contribution in [0.3, 0.4) is 0 Å². The Balaban J connectivity index is 1.63. The molecule has 3 aromatic rings. The monoisotopic (exact) mass is 408 g/mol. The van der Waals surface area contributed by atoms with Gasteiger partial charge in [0.2, 0.25) is 17.0 Å². The zero-order valence-corrected chi connectivity index (χ0v) is 15.5. The number of nitrogens with zero attached hydrogens (tertiary/aromatic N) is 2. The number of hydrogen-bond acceptors (Lipinski definition) is 4. The number of carbonyl (C=O) groups excluding carboxylic acids is 2. The molecule has 1 aliphatic rings. The van der Waals surface area contributed by atoms with Gasteiger partial charge in [-0.3, -0.25) is 9.59 Å². The molecule has 1 amide bonds. The predicted molar refractivity (Wildman–Crippen MR) is 101 cm³/mol. The molecule has 1 unspecified atom stereocenters. The van der Waals surface area contributed by atoms with Gasteiger partial charge in [-0.25, -0.2) is 4.98 Å². The van der Waals surface area contributed by atoms with Gasteiger partial charge in [-0.1, -0.05) is 23.2 Å². The van der Waals surface area contributed by atoms with Crippen molar-refractivity contribution in [3.63, 3.8) is 0 Å². The van der Waals surface area contributed by atoms with Crippen LogP contribution in [-0.2, 0) is 9.59 Å². The van der Waals surface area contributed by atoms with E-state index in [-0.39, 0.29) is 18.9 Å². The van der Waals surface area contributed by atoms with Gasteiger partial charge in [-0.15, -0.1) is 0 Å². The minimum atomic E-state index is -0.487. The molecule has 0 bridgehead atoms. The van der Waals surface area contributed by atoms with Crippen LogP contribution in [0.4, 0.5) is 5.69 Å². The molecule has 0 aliphatic carbocycles. The number of oxazole rings is 1. The first-order valence-corrected chi connectivity index (χ1v) is 8.91. The van der Waals surface area contributed by atoms with Crippen LogP contribution in [0.15, 0.2) is 40.8 Å². The van der Waals surface area contributed by atoms with Crippen LogP contribution >= 0.6 is 34.8 Å². The molecule has 0 spiro atoms. The van der Waals surface area contributed by atoms with E-state index in [2.05, 4.69) is 4.98 Å². The molecular formula is C18H11Cl3N2O3. The van der Waals surface area contributed by atoms with Crippen LogP contribution in [0.5, 0.6) is 0 Å². The Morgan fingerprint density at radius 3 is 2.58 bits per heavy atom. The summed E-state index contributed by atoms with van der Waals surface area (Å²) in [6, 6.07) is 10.4. The zero-order chi connectivity index (χ0) is 18.4. The molecule has 0 N–H and O–H groups in total. The van der Waals surface area contributed by atoms with Gasteiger partial charge in [0.15, 0.2) is 5.58 Å². The highest BCUT2D eigenvalue weighted by atomic mass is 35.5. The van der Waals surface area contributed by atoms with Crippen molar-refractivity contribution in [2.24, 2.45) is 5.92 Å². The third-order valence-corrected chi connectivity index (χ3v) is 5.09. The smallest absolute Gasteiger partial charge is 0.227 e. The Labute approximate surface area is 163 Å². The van der Waals surface area contributed by atoms with Crippen molar-refractivity contribution in [2.75, 3.05) is 11.4 Å². The van der Waals surface area contributed by atoms with E-state index in [0.29, 0.717) is 32.7 Å². The van der Waals surface area contributed by atoms with Gasteiger partial charge in [0.1, 0.15) is 5.52 Å². The van der Waals surface area contributed by atoms with Gasteiger partial charge in [-0.05, 0) is 48.0 Å². The summed E-state index contributed by atoms with van der Waals surface area (Å²) in [5.41, 5.74) is 2.46. The molecule has 5 nitrogen and oxygen atoms in total. The van der Waals surface area contributed by atoms with E-state index in [9.17, 15) is 9.59 Å². The van der Waals surface area contributed by atoms with Crippen LogP contribution in [0.1, 0.15) is 6.42 Å². The lowest BCUT2D eigenvalue weighted by molar-refractivity contribution is -0.120. The Morgan fingerprint density at radius 1 is 1.19 bits per heavy atom. The summed E-state index contributed by atoms with van der Waals surface area (Å²) in [7, 11) is 0. The number of halogens is 3. The fraction of sp³-hybridized carbons (Fsp3) is 0.167. The molecule has 1 aromatic heterocycles. The molecule has 0 saturated carbocycles. The van der Waals surface area contributed by atoms with Crippen molar-refractivity contribution in [3.8, 4) is 11.5 Å². The SMILES string of the molecule is O=C(Cl)C1CC(=O)N(c2ccc(-c3nc4cc(Cl)cc(Cl)c4o3)cc2)C1. The van der Waals surface area contributed by atoms with E-state index in [0.717, 1.165) is 5.56 Å². The number of aromatic nitrogens is 1. The predicted octanol–water partition coefficient (Wildman–Crippen LogP) is 4.92. The quantitative estimate of drug-likeness (QED) is 0.576. The molecule has 2 heterocycles. The second-order valence-electron chi connectivity index (χ2n) is 6.01. The highest BCUT2D eigenvalue weighted by molar-refractivity contribution is 6.64. The average Bonchev–Trinajstić information content (AvgIpc) is 3.19. The summed E-state index contributed by atoms with van der Waals surface area (Å²) < 4.78 is 5.73. The first-order valence-electron chi connectivity index (χ1n) is 7.78. The lowest BCUT2D eigenvalue weighted by Crippen LogP contribution is -2.25. The number of carbonyl (C=O) groups is 2. The number of benzene rings is 2. The molecular weight excluding hydrogens is 399 g/mol. The molecule has 1 saturated heterocycles. The van der Waals surface area contributed by atoms with E-state index in [4.69, 9.17) is 39.2 Å². The average molecular weight is 410 g/mol. The van der Waals surface area contributed by atoms with Gasteiger partial charge in [-0.2, -0.15) is 0 Å². The molecule has 2 aromatic carbocycles. The van der Waals surface area contributed by atoms with Gasteiger partial charge >= 0.3 is 0 Å². The normalized spacial score (nSPS) is 17.3. The van der Waals surface area contributed by atoms with E-state index in [1.165, 1.54) is 0 Å². The number of amides is 1. The summed E-state index contributed by atoms with van der Waals surface area (Å²) in [5.74, 6) is -0.190. The molecule has 1 fully saturated rings. The van der Waals surface area contributed by atoms with Crippen LogP contribution < -0.4 is 4.90 Å². The van der Waals surface area contributed by atoms with Crippen LogP contribution in [0, 0.1) is 5.92 Å². The van der Waals surface area contributed by atoms with Crippen LogP contribution in [0.25, 0.3) is 22.6 Å². The largest absolute Gasteiger partial charge is 0.435 e. The number of fused-ring (bicyclic) bond motifs is 1. The lowest BCUT2D eigenvalue weighted by Gasteiger charge is -2.16. The van der Waals surface area contributed by atoms with Crippen molar-refractivity contribution < 1.29 is 14.0 Å². The fourth-order valence-corrected chi connectivity index (χ4v) is 3.64. The van der Waals surface area contributed by atoms with Crippen molar-refractivity contribution in [3.05, 3.63) is 46.4 Å². The summed E-state index contributed by atoms with van der Waals surface area (Å²) in [4.78, 5) is 29.3. The fourth-order valence-electron chi connectivity index (χ4n) is 2.98. The second-order valence-corrected chi connectivity index (χ2v) is 7.23. The Kier molecular flexibility index (Phi) is 4.39. The number of anilines is 1. The maximum absolute atomic E-state index is 12.1. The first kappa shape index (κ1) is 17.3. The van der Waals surface area contributed by atoms with Gasteiger partial charge in [0, 0.05) is 29.2 Å². The number of rotatable bonds is 3.